The van der Waals surface area contributed by atoms with Gasteiger partial charge in [-0.25, -0.2) is 0 Å². The van der Waals surface area contributed by atoms with E-state index in [2.05, 4.69) is 51.2 Å². The summed E-state index contributed by atoms with van der Waals surface area (Å²) in [7, 11) is 0. The largest absolute Gasteiger partial charge is 0.494 e. The first kappa shape index (κ1) is 16.4. The van der Waals surface area contributed by atoms with Gasteiger partial charge in [0.05, 0.1) is 6.61 Å². The molecule has 2 nitrogen and oxygen atoms in total. The molecule has 1 N–H and O–H groups in total. The van der Waals surface area contributed by atoms with Crippen molar-refractivity contribution in [3.63, 3.8) is 0 Å². The lowest BCUT2D eigenvalue weighted by molar-refractivity contribution is 0.242. The summed E-state index contributed by atoms with van der Waals surface area (Å²) < 4.78 is 5.94. The zero-order valence-electron chi connectivity index (χ0n) is 14.2. The minimum atomic E-state index is 0.337. The summed E-state index contributed by atoms with van der Waals surface area (Å²) >= 11 is 0. The van der Waals surface area contributed by atoms with Gasteiger partial charge in [-0.1, -0.05) is 33.8 Å². The van der Waals surface area contributed by atoms with Crippen LogP contribution in [0.1, 0.15) is 70.5 Å². The molecule has 21 heavy (non-hydrogen) atoms. The molecule has 0 radical (unpaired) electrons. The van der Waals surface area contributed by atoms with Crippen molar-refractivity contribution in [1.82, 2.24) is 5.32 Å². The summed E-state index contributed by atoms with van der Waals surface area (Å²) in [6, 6.07) is 7.22. The third-order valence-corrected chi connectivity index (χ3v) is 4.19. The Labute approximate surface area is 130 Å². The fraction of sp³-hybridized carbons (Fsp3) is 0.684. The lowest BCUT2D eigenvalue weighted by Crippen LogP contribution is -2.25. The van der Waals surface area contributed by atoms with Crippen LogP contribution in [0, 0.1) is 5.41 Å². The fourth-order valence-electron chi connectivity index (χ4n) is 2.89. The molecule has 1 aliphatic carbocycles. The van der Waals surface area contributed by atoms with Crippen molar-refractivity contribution in [1.29, 1.82) is 0 Å². The molecular weight excluding hydrogens is 258 g/mol. The van der Waals surface area contributed by atoms with Crippen LogP contribution in [0.15, 0.2) is 18.2 Å². The molecular formula is C19H31NO. The van der Waals surface area contributed by atoms with Crippen LogP contribution in [0.4, 0.5) is 0 Å². The predicted octanol–water partition coefficient (Wildman–Crippen LogP) is 4.88. The van der Waals surface area contributed by atoms with E-state index in [0.29, 0.717) is 11.5 Å². The summed E-state index contributed by atoms with van der Waals surface area (Å²) in [6.45, 7) is 10.9. The average molecular weight is 289 g/mol. The Bertz CT molecular complexity index is 447. The van der Waals surface area contributed by atoms with E-state index in [1.165, 1.54) is 36.8 Å². The van der Waals surface area contributed by atoms with Gasteiger partial charge in [-0.2, -0.15) is 0 Å². The summed E-state index contributed by atoms with van der Waals surface area (Å²) in [5.74, 6) is 1.04. The lowest BCUT2D eigenvalue weighted by Gasteiger charge is -2.27. The van der Waals surface area contributed by atoms with Gasteiger partial charge in [-0.15, -0.1) is 0 Å². The molecule has 118 valence electrons. The normalized spacial score (nSPS) is 18.4. The first-order valence-electron chi connectivity index (χ1n) is 8.48. The van der Waals surface area contributed by atoms with E-state index in [-0.39, 0.29) is 0 Å². The Morgan fingerprint density at radius 3 is 2.81 bits per heavy atom. The first-order valence-corrected chi connectivity index (χ1v) is 8.48. The number of rotatable bonds is 6. The van der Waals surface area contributed by atoms with Gasteiger partial charge in [0.25, 0.3) is 0 Å². The molecule has 0 saturated heterocycles. The highest BCUT2D eigenvalue weighted by atomic mass is 16.5. The van der Waals surface area contributed by atoms with E-state index in [9.17, 15) is 0 Å². The van der Waals surface area contributed by atoms with Gasteiger partial charge in [0.2, 0.25) is 0 Å². The third kappa shape index (κ3) is 5.03. The van der Waals surface area contributed by atoms with E-state index >= 15 is 0 Å². The molecule has 1 unspecified atom stereocenters. The fourth-order valence-corrected chi connectivity index (χ4v) is 2.89. The van der Waals surface area contributed by atoms with Gasteiger partial charge in [0, 0.05) is 6.04 Å². The van der Waals surface area contributed by atoms with Crippen LogP contribution >= 0.6 is 0 Å². The van der Waals surface area contributed by atoms with Crippen molar-refractivity contribution in [2.24, 2.45) is 5.41 Å². The summed E-state index contributed by atoms with van der Waals surface area (Å²) in [5.41, 5.74) is 3.30. The van der Waals surface area contributed by atoms with Gasteiger partial charge in [-0.3, -0.25) is 0 Å². The molecule has 1 aromatic rings. The molecule has 1 atom stereocenters. The van der Waals surface area contributed by atoms with Crippen LogP contribution < -0.4 is 10.1 Å². The quantitative estimate of drug-likeness (QED) is 0.806. The topological polar surface area (TPSA) is 21.3 Å². The monoisotopic (exact) mass is 289 g/mol. The Balaban J connectivity index is 1.98. The molecule has 0 bridgehead atoms. The minimum Gasteiger partial charge on any atom is -0.494 e. The Hall–Kier alpha value is -1.02. The van der Waals surface area contributed by atoms with E-state index < -0.39 is 0 Å². The van der Waals surface area contributed by atoms with Gasteiger partial charge in [-0.05, 0) is 67.3 Å². The maximum absolute atomic E-state index is 5.94. The van der Waals surface area contributed by atoms with Gasteiger partial charge < -0.3 is 10.1 Å². The van der Waals surface area contributed by atoms with E-state index in [4.69, 9.17) is 4.74 Å². The maximum atomic E-state index is 5.94. The number of ether oxygens (including phenoxy) is 1. The molecule has 0 heterocycles. The zero-order valence-corrected chi connectivity index (χ0v) is 14.2. The second-order valence-corrected chi connectivity index (χ2v) is 7.42. The van der Waals surface area contributed by atoms with E-state index in [1.807, 2.05) is 0 Å². The first-order chi connectivity index (χ1) is 9.99. The minimum absolute atomic E-state index is 0.337. The van der Waals surface area contributed by atoms with Crippen LogP contribution in [0.25, 0.3) is 0 Å². The number of fused-ring (bicyclic) bond motifs is 1. The predicted molar refractivity (Wildman–Crippen MR) is 90.0 cm³/mol. The molecule has 0 spiro atoms. The van der Waals surface area contributed by atoms with Crippen LogP contribution in [0.2, 0.25) is 0 Å². The summed E-state index contributed by atoms with van der Waals surface area (Å²) in [4.78, 5) is 0. The highest BCUT2D eigenvalue weighted by Crippen LogP contribution is 2.32. The highest BCUT2D eigenvalue weighted by Gasteiger charge is 2.20. The smallest absolute Gasteiger partial charge is 0.119 e. The summed E-state index contributed by atoms with van der Waals surface area (Å²) in [5, 5.41) is 3.67. The second kappa shape index (κ2) is 7.31. The molecule has 1 aliphatic rings. The number of hydrogen-bond acceptors (Lipinski definition) is 2. The number of aryl methyl sites for hydroxylation is 1. The molecule has 2 rings (SSSR count). The Kier molecular flexibility index (Phi) is 5.69. The van der Waals surface area contributed by atoms with Crippen molar-refractivity contribution in [2.45, 2.75) is 65.8 Å². The number of benzene rings is 1. The molecule has 0 fully saturated rings. The molecule has 0 saturated carbocycles. The van der Waals surface area contributed by atoms with E-state index in [0.717, 1.165) is 25.3 Å². The Morgan fingerprint density at radius 1 is 1.29 bits per heavy atom. The van der Waals surface area contributed by atoms with E-state index in [1.54, 1.807) is 0 Å². The molecule has 2 heteroatoms. The van der Waals surface area contributed by atoms with Gasteiger partial charge >= 0.3 is 0 Å². The van der Waals surface area contributed by atoms with Crippen LogP contribution in [-0.2, 0) is 6.42 Å². The maximum Gasteiger partial charge on any atom is 0.119 e. The average Bonchev–Trinajstić information content (AvgIpc) is 2.43. The molecule has 0 aliphatic heterocycles. The van der Waals surface area contributed by atoms with Crippen molar-refractivity contribution in [3.8, 4) is 5.75 Å². The third-order valence-electron chi connectivity index (χ3n) is 4.19. The Morgan fingerprint density at radius 2 is 2.10 bits per heavy atom. The molecule has 0 amide bonds. The van der Waals surface area contributed by atoms with Crippen molar-refractivity contribution in [3.05, 3.63) is 29.3 Å². The van der Waals surface area contributed by atoms with Gasteiger partial charge in [0.1, 0.15) is 5.75 Å². The lowest BCUT2D eigenvalue weighted by atomic mass is 9.87. The zero-order chi connectivity index (χ0) is 15.3. The van der Waals surface area contributed by atoms with Crippen LogP contribution in [0.3, 0.4) is 0 Å². The van der Waals surface area contributed by atoms with Crippen LogP contribution in [0.5, 0.6) is 5.75 Å². The van der Waals surface area contributed by atoms with Crippen molar-refractivity contribution in [2.75, 3.05) is 13.2 Å². The SMILES string of the molecule is CCCNC1CCCc2cc(OCCC(C)(C)C)ccc21. The number of nitrogens with one attached hydrogen (secondary N) is 1. The summed E-state index contributed by atoms with van der Waals surface area (Å²) in [6.07, 6.45) is 6.01. The van der Waals surface area contributed by atoms with Crippen molar-refractivity contribution >= 4 is 0 Å². The second-order valence-electron chi connectivity index (χ2n) is 7.42. The standard InChI is InChI=1S/C19H31NO/c1-5-12-20-18-8-6-7-15-14-16(9-10-17(15)18)21-13-11-19(2,3)4/h9-10,14,18,20H,5-8,11-13H2,1-4H3. The highest BCUT2D eigenvalue weighted by molar-refractivity contribution is 5.39. The van der Waals surface area contributed by atoms with Gasteiger partial charge in [0.15, 0.2) is 0 Å². The van der Waals surface area contributed by atoms with Crippen molar-refractivity contribution < 1.29 is 4.74 Å². The molecule has 1 aromatic carbocycles. The van der Waals surface area contributed by atoms with Crippen LogP contribution in [-0.4, -0.2) is 13.2 Å². The molecule has 0 aromatic heterocycles. The number of hydrogen-bond donors (Lipinski definition) is 1.